The van der Waals surface area contributed by atoms with Gasteiger partial charge in [-0.2, -0.15) is 0 Å². The van der Waals surface area contributed by atoms with Crippen LogP contribution in [0.15, 0.2) is 0 Å². The first-order valence-electron chi connectivity index (χ1n) is 6.86. The largest absolute Gasteiger partial charge is 0.481 e. The molecular formula is C14H25NO3. The Hall–Kier alpha value is -1.06. The molecular weight excluding hydrogens is 230 g/mol. The lowest BCUT2D eigenvalue weighted by Crippen LogP contribution is -2.39. The molecule has 0 radical (unpaired) electrons. The number of hydrogen-bond acceptors (Lipinski definition) is 2. The van der Waals surface area contributed by atoms with Crippen LogP contribution in [0, 0.1) is 17.3 Å². The van der Waals surface area contributed by atoms with Crippen molar-refractivity contribution in [2.45, 2.75) is 52.9 Å². The fourth-order valence-corrected chi connectivity index (χ4v) is 2.25. The van der Waals surface area contributed by atoms with Crippen LogP contribution >= 0.6 is 0 Å². The molecule has 2 unspecified atom stereocenters. The third-order valence-electron chi connectivity index (χ3n) is 4.09. The van der Waals surface area contributed by atoms with Crippen LogP contribution in [0.2, 0.25) is 0 Å². The van der Waals surface area contributed by atoms with Gasteiger partial charge in [-0.3, -0.25) is 9.59 Å². The van der Waals surface area contributed by atoms with Gasteiger partial charge in [-0.15, -0.1) is 0 Å². The fourth-order valence-electron chi connectivity index (χ4n) is 2.25. The average molecular weight is 255 g/mol. The molecule has 18 heavy (non-hydrogen) atoms. The summed E-state index contributed by atoms with van der Waals surface area (Å²) in [7, 11) is 0. The van der Waals surface area contributed by atoms with Gasteiger partial charge >= 0.3 is 5.97 Å². The van der Waals surface area contributed by atoms with Crippen molar-refractivity contribution in [2.75, 3.05) is 6.54 Å². The van der Waals surface area contributed by atoms with Crippen molar-refractivity contribution in [3.8, 4) is 0 Å². The number of carboxylic acid groups (broad SMARTS) is 1. The fraction of sp³-hybridized carbons (Fsp3) is 0.857. The quantitative estimate of drug-likeness (QED) is 0.793. The van der Waals surface area contributed by atoms with E-state index in [1.54, 1.807) is 0 Å². The molecule has 104 valence electrons. The second kappa shape index (κ2) is 6.21. The summed E-state index contributed by atoms with van der Waals surface area (Å²) in [5, 5.41) is 12.0. The van der Waals surface area contributed by atoms with Crippen LogP contribution in [-0.4, -0.2) is 23.5 Å². The number of hydrogen-bond donors (Lipinski definition) is 2. The van der Waals surface area contributed by atoms with E-state index in [1.807, 2.05) is 0 Å². The van der Waals surface area contributed by atoms with Gasteiger partial charge in [0, 0.05) is 12.5 Å². The Morgan fingerprint density at radius 2 is 1.89 bits per heavy atom. The van der Waals surface area contributed by atoms with Crippen molar-refractivity contribution in [1.82, 2.24) is 5.32 Å². The maximum absolute atomic E-state index is 12.0. The minimum absolute atomic E-state index is 0.0301. The Bertz CT molecular complexity index is 312. The first-order valence-corrected chi connectivity index (χ1v) is 6.86. The van der Waals surface area contributed by atoms with E-state index in [0.717, 1.165) is 19.3 Å². The van der Waals surface area contributed by atoms with Gasteiger partial charge in [0.15, 0.2) is 0 Å². The van der Waals surface area contributed by atoms with E-state index >= 15 is 0 Å². The number of rotatable bonds is 5. The molecule has 2 N–H and O–H groups in total. The molecule has 0 aromatic carbocycles. The molecule has 1 aliphatic carbocycles. The minimum atomic E-state index is -0.763. The van der Waals surface area contributed by atoms with Crippen molar-refractivity contribution in [2.24, 2.45) is 17.3 Å². The highest BCUT2D eigenvalue weighted by Crippen LogP contribution is 2.29. The van der Waals surface area contributed by atoms with E-state index < -0.39 is 5.97 Å². The van der Waals surface area contributed by atoms with E-state index in [2.05, 4.69) is 26.1 Å². The smallest absolute Gasteiger partial charge is 0.306 e. The number of carbonyl (C=O) groups excluding carboxylic acids is 1. The van der Waals surface area contributed by atoms with Crippen molar-refractivity contribution < 1.29 is 14.7 Å². The molecule has 0 aliphatic heterocycles. The summed E-state index contributed by atoms with van der Waals surface area (Å²) in [6.07, 6.45) is 3.87. The van der Waals surface area contributed by atoms with Gasteiger partial charge in [0.25, 0.3) is 0 Å². The van der Waals surface area contributed by atoms with E-state index in [1.165, 1.54) is 0 Å². The van der Waals surface area contributed by atoms with Crippen molar-refractivity contribution in [1.29, 1.82) is 0 Å². The first kappa shape index (κ1) is 15.0. The third kappa shape index (κ3) is 4.31. The Kier molecular flexibility index (Phi) is 5.17. The molecule has 1 amide bonds. The number of carbonyl (C=O) groups is 2. The van der Waals surface area contributed by atoms with Crippen LogP contribution in [-0.2, 0) is 9.59 Å². The Labute approximate surface area is 109 Å². The molecule has 0 bridgehead atoms. The van der Waals surface area contributed by atoms with Gasteiger partial charge in [-0.25, -0.2) is 0 Å². The topological polar surface area (TPSA) is 66.4 Å². The van der Waals surface area contributed by atoms with Gasteiger partial charge < -0.3 is 10.4 Å². The second-order valence-corrected chi connectivity index (χ2v) is 6.13. The van der Waals surface area contributed by atoms with E-state index in [9.17, 15) is 9.59 Å². The summed E-state index contributed by atoms with van der Waals surface area (Å²) in [5.41, 5.74) is 0.108. The van der Waals surface area contributed by atoms with Crippen LogP contribution in [0.4, 0.5) is 0 Å². The SMILES string of the molecule is CCC(C)(C)CNC(=O)C1CCCC(C(=O)O)C1. The number of amides is 1. The molecule has 1 rings (SSSR count). The van der Waals surface area contributed by atoms with Crippen molar-refractivity contribution >= 4 is 11.9 Å². The van der Waals surface area contributed by atoms with Crippen molar-refractivity contribution in [3.63, 3.8) is 0 Å². The lowest BCUT2D eigenvalue weighted by atomic mass is 9.80. The van der Waals surface area contributed by atoms with Crippen LogP contribution in [0.1, 0.15) is 52.9 Å². The Balaban J connectivity index is 2.44. The molecule has 4 nitrogen and oxygen atoms in total. The lowest BCUT2D eigenvalue weighted by Gasteiger charge is -2.28. The molecule has 0 saturated heterocycles. The van der Waals surface area contributed by atoms with E-state index in [0.29, 0.717) is 19.4 Å². The van der Waals surface area contributed by atoms with E-state index in [4.69, 9.17) is 5.11 Å². The summed E-state index contributed by atoms with van der Waals surface area (Å²) >= 11 is 0. The Morgan fingerprint density at radius 3 is 2.44 bits per heavy atom. The highest BCUT2D eigenvalue weighted by Gasteiger charge is 2.31. The number of nitrogens with one attached hydrogen (secondary N) is 1. The number of carboxylic acids is 1. The molecule has 1 saturated carbocycles. The Morgan fingerprint density at radius 1 is 1.28 bits per heavy atom. The predicted octanol–water partition coefficient (Wildman–Crippen LogP) is 2.43. The van der Waals surface area contributed by atoms with Crippen LogP contribution in [0.3, 0.4) is 0 Å². The summed E-state index contributed by atoms with van der Waals surface area (Å²) in [6, 6.07) is 0. The van der Waals surface area contributed by atoms with Crippen LogP contribution < -0.4 is 5.32 Å². The zero-order valence-electron chi connectivity index (χ0n) is 11.7. The molecule has 0 aromatic heterocycles. The number of aliphatic carboxylic acids is 1. The predicted molar refractivity (Wildman–Crippen MR) is 70.2 cm³/mol. The molecule has 4 heteroatoms. The average Bonchev–Trinajstić information content (AvgIpc) is 2.36. The van der Waals surface area contributed by atoms with Gasteiger partial charge in [-0.05, 0) is 31.1 Å². The highest BCUT2D eigenvalue weighted by molar-refractivity contribution is 5.80. The second-order valence-electron chi connectivity index (χ2n) is 6.13. The molecule has 0 aromatic rings. The summed E-state index contributed by atoms with van der Waals surface area (Å²) in [6.45, 7) is 7.01. The maximum atomic E-state index is 12.0. The van der Waals surface area contributed by atoms with Gasteiger partial charge in [0.05, 0.1) is 5.92 Å². The van der Waals surface area contributed by atoms with Gasteiger partial charge in [-0.1, -0.05) is 27.2 Å². The molecule has 0 spiro atoms. The maximum Gasteiger partial charge on any atom is 0.306 e. The minimum Gasteiger partial charge on any atom is -0.481 e. The zero-order valence-corrected chi connectivity index (χ0v) is 11.7. The van der Waals surface area contributed by atoms with Crippen LogP contribution in [0.25, 0.3) is 0 Å². The first-order chi connectivity index (χ1) is 8.35. The molecule has 1 aliphatic rings. The summed E-state index contributed by atoms with van der Waals surface area (Å²) < 4.78 is 0. The van der Waals surface area contributed by atoms with Gasteiger partial charge in [0.1, 0.15) is 0 Å². The summed E-state index contributed by atoms with van der Waals surface area (Å²) in [4.78, 5) is 23.0. The highest BCUT2D eigenvalue weighted by atomic mass is 16.4. The molecule has 2 atom stereocenters. The van der Waals surface area contributed by atoms with Gasteiger partial charge in [0.2, 0.25) is 5.91 Å². The molecule has 1 fully saturated rings. The molecule has 0 heterocycles. The van der Waals surface area contributed by atoms with E-state index in [-0.39, 0.29) is 23.2 Å². The van der Waals surface area contributed by atoms with Crippen molar-refractivity contribution in [3.05, 3.63) is 0 Å². The normalized spacial score (nSPS) is 24.6. The standard InChI is InChI=1S/C14H25NO3/c1-4-14(2,3)9-15-12(16)10-6-5-7-11(8-10)13(17)18/h10-11H,4-9H2,1-3H3,(H,15,16)(H,17,18). The third-order valence-corrected chi connectivity index (χ3v) is 4.09. The zero-order chi connectivity index (χ0) is 13.8. The summed E-state index contributed by atoms with van der Waals surface area (Å²) in [5.74, 6) is -1.19. The van der Waals surface area contributed by atoms with Crippen LogP contribution in [0.5, 0.6) is 0 Å². The lowest BCUT2D eigenvalue weighted by molar-refractivity contribution is -0.144. The monoisotopic (exact) mass is 255 g/mol.